The first-order valence-corrected chi connectivity index (χ1v) is 14.0. The minimum atomic E-state index is -4.86. The second-order valence-corrected chi connectivity index (χ2v) is 11.6. The zero-order valence-corrected chi connectivity index (χ0v) is 23.6. The lowest BCUT2D eigenvalue weighted by atomic mass is 9.90. The van der Waals surface area contributed by atoms with Crippen molar-refractivity contribution >= 4 is 17.2 Å². The summed E-state index contributed by atoms with van der Waals surface area (Å²) in [5.41, 5.74) is 4.08. The third kappa shape index (κ3) is 4.31. The molecule has 1 aromatic carbocycles. The van der Waals surface area contributed by atoms with Gasteiger partial charge in [-0.1, -0.05) is 0 Å². The molecule has 1 saturated heterocycles. The number of nitrogens with zero attached hydrogens (tertiary/aromatic N) is 7. The van der Waals surface area contributed by atoms with Crippen LogP contribution < -0.4 is 4.74 Å². The van der Waals surface area contributed by atoms with Crippen molar-refractivity contribution in [3.63, 3.8) is 0 Å². The van der Waals surface area contributed by atoms with Gasteiger partial charge < -0.3 is 19.3 Å². The Balaban J connectivity index is 1.55. The van der Waals surface area contributed by atoms with Crippen molar-refractivity contribution in [2.75, 3.05) is 13.7 Å². The lowest BCUT2D eigenvalue weighted by molar-refractivity contribution is -0.232. The van der Waals surface area contributed by atoms with E-state index in [1.807, 2.05) is 23.6 Å². The molecule has 3 atom stereocenters. The molecule has 41 heavy (non-hydrogen) atoms. The Morgan fingerprint density at radius 3 is 2.66 bits per heavy atom. The normalized spacial score (nSPS) is 21.1. The number of carbonyl (C=O) groups excluding carboxylic acids is 1. The number of benzene rings is 1. The van der Waals surface area contributed by atoms with Gasteiger partial charge in [0.2, 0.25) is 5.82 Å². The molecule has 0 radical (unpaired) electrons. The van der Waals surface area contributed by atoms with Crippen molar-refractivity contribution in [1.82, 2.24) is 34.7 Å². The average Bonchev–Trinajstić information content (AvgIpc) is 3.73. The van der Waals surface area contributed by atoms with Gasteiger partial charge in [-0.15, -0.1) is 21.5 Å². The van der Waals surface area contributed by atoms with Crippen LogP contribution in [0, 0.1) is 0 Å². The van der Waals surface area contributed by atoms with E-state index in [1.165, 1.54) is 28.0 Å². The molecule has 1 amide bonds. The number of aliphatic hydroxyl groups is 1. The number of thiazole rings is 1. The molecular weight excluding hydrogens is 559 g/mol. The zero-order chi connectivity index (χ0) is 29.3. The average molecular weight is 588 g/mol. The number of aliphatic hydroxyl groups excluding tert-OH is 1. The summed E-state index contributed by atoms with van der Waals surface area (Å²) in [4.78, 5) is 21.7. The molecule has 10 nitrogen and oxygen atoms in total. The Hall–Kier alpha value is -3.78. The lowest BCUT2D eigenvalue weighted by Gasteiger charge is -2.40. The summed E-state index contributed by atoms with van der Waals surface area (Å²) < 4.78 is 48.7. The highest BCUT2D eigenvalue weighted by Crippen LogP contribution is 2.48. The number of ether oxygens (including phenoxy) is 1. The highest BCUT2D eigenvalue weighted by molar-refractivity contribution is 7.13. The molecular formula is C27H28F3N7O3S. The van der Waals surface area contributed by atoms with E-state index >= 15 is 0 Å². The Bertz CT molecular complexity index is 1630. The quantitative estimate of drug-likeness (QED) is 0.366. The highest BCUT2D eigenvalue weighted by atomic mass is 32.1. The van der Waals surface area contributed by atoms with Crippen LogP contribution in [0.1, 0.15) is 48.8 Å². The molecule has 0 aliphatic carbocycles. The SMILES string of the molecule is COc1cc2c(cc1-c1nnn(C)n1)-c1c(-c3cncs3)cc(C(=O)N3CCC[C@]3(C)[C@H](O)C(F)(F)F)n1[C@H](C)C2. The molecule has 2 aliphatic rings. The number of aromatic nitrogens is 6. The van der Waals surface area contributed by atoms with E-state index in [0.717, 1.165) is 27.3 Å². The van der Waals surface area contributed by atoms with E-state index in [-0.39, 0.29) is 24.7 Å². The maximum atomic E-state index is 14.2. The van der Waals surface area contributed by atoms with Crippen molar-refractivity contribution < 1.29 is 27.8 Å². The summed E-state index contributed by atoms with van der Waals surface area (Å²) >= 11 is 1.40. The second kappa shape index (κ2) is 9.65. The predicted octanol–water partition coefficient (Wildman–Crippen LogP) is 4.51. The largest absolute Gasteiger partial charge is 0.496 e. The standard InChI is InChI=1S/C27H28F3N7O3S/c1-14-8-15-9-20(40-4)17(23-32-34-35(3)33-23)10-16(15)22-18(21-12-31-13-41-21)11-19(37(14)22)24(38)36-7-5-6-26(36,2)25(39)27(28,29)30/h9-14,25,39H,5-8H2,1-4H3/t14-,25+,26-/m1/s1. The van der Waals surface area contributed by atoms with Gasteiger partial charge in [-0.25, -0.2) is 0 Å². The van der Waals surface area contributed by atoms with Gasteiger partial charge in [0.1, 0.15) is 11.4 Å². The first kappa shape index (κ1) is 27.4. The summed E-state index contributed by atoms with van der Waals surface area (Å²) in [7, 11) is 3.23. The molecule has 2 aliphatic heterocycles. The van der Waals surface area contributed by atoms with Crippen LogP contribution in [-0.4, -0.2) is 77.1 Å². The van der Waals surface area contributed by atoms with Gasteiger partial charge in [-0.05, 0) is 62.1 Å². The Morgan fingerprint density at radius 2 is 2.02 bits per heavy atom. The van der Waals surface area contributed by atoms with Crippen molar-refractivity contribution in [2.45, 2.75) is 57.0 Å². The Kier molecular flexibility index (Phi) is 6.45. The van der Waals surface area contributed by atoms with Gasteiger partial charge >= 0.3 is 6.18 Å². The van der Waals surface area contributed by atoms with Gasteiger partial charge in [-0.3, -0.25) is 9.78 Å². The van der Waals surface area contributed by atoms with Gasteiger partial charge in [0.05, 0.1) is 41.3 Å². The maximum absolute atomic E-state index is 14.2. The number of methoxy groups -OCH3 is 1. The van der Waals surface area contributed by atoms with Crippen molar-refractivity contribution in [3.05, 3.63) is 41.2 Å². The monoisotopic (exact) mass is 587 g/mol. The van der Waals surface area contributed by atoms with Crippen molar-refractivity contribution in [1.29, 1.82) is 0 Å². The molecule has 6 rings (SSSR count). The number of carbonyl (C=O) groups is 1. The topological polar surface area (TPSA) is 111 Å². The number of tetrazole rings is 1. The molecule has 0 unspecified atom stereocenters. The molecule has 216 valence electrons. The number of hydrogen-bond donors (Lipinski definition) is 1. The molecule has 5 heterocycles. The second-order valence-electron chi connectivity index (χ2n) is 10.8. The number of alkyl halides is 3. The minimum Gasteiger partial charge on any atom is -0.496 e. The van der Waals surface area contributed by atoms with Crippen LogP contribution in [-0.2, 0) is 13.5 Å². The summed E-state index contributed by atoms with van der Waals surface area (Å²) in [6.07, 6.45) is -4.87. The zero-order valence-electron chi connectivity index (χ0n) is 22.8. The van der Waals surface area contributed by atoms with Gasteiger partial charge in [-0.2, -0.15) is 18.0 Å². The molecule has 0 bridgehead atoms. The molecule has 0 spiro atoms. The van der Waals surface area contributed by atoms with Crippen LogP contribution in [0.2, 0.25) is 0 Å². The lowest BCUT2D eigenvalue weighted by Crippen LogP contribution is -2.58. The van der Waals surface area contributed by atoms with Crippen LogP contribution in [0.15, 0.2) is 29.9 Å². The Morgan fingerprint density at radius 1 is 1.24 bits per heavy atom. The maximum Gasteiger partial charge on any atom is 0.416 e. The summed E-state index contributed by atoms with van der Waals surface area (Å²) in [6, 6.07) is 5.38. The number of halogens is 3. The molecule has 1 N–H and O–H groups in total. The first-order chi connectivity index (χ1) is 19.4. The molecule has 1 fully saturated rings. The van der Waals surface area contributed by atoms with Crippen LogP contribution in [0.25, 0.3) is 33.1 Å². The number of rotatable bonds is 5. The fourth-order valence-corrected chi connectivity index (χ4v) is 6.85. The number of aryl methyl sites for hydroxylation is 1. The fraction of sp³-hybridized carbons (Fsp3) is 0.444. The van der Waals surface area contributed by atoms with E-state index < -0.39 is 23.7 Å². The van der Waals surface area contributed by atoms with E-state index in [9.17, 15) is 23.1 Å². The number of likely N-dealkylation sites (tertiary alicyclic amines) is 1. The van der Waals surface area contributed by atoms with E-state index in [2.05, 4.69) is 20.4 Å². The minimum absolute atomic E-state index is 0.0430. The van der Waals surface area contributed by atoms with Crippen LogP contribution in [0.3, 0.4) is 0 Å². The predicted molar refractivity (Wildman–Crippen MR) is 144 cm³/mol. The third-order valence-electron chi connectivity index (χ3n) is 8.16. The first-order valence-electron chi connectivity index (χ1n) is 13.1. The number of hydrogen-bond acceptors (Lipinski definition) is 8. The van der Waals surface area contributed by atoms with Crippen molar-refractivity contribution in [3.8, 4) is 38.8 Å². The third-order valence-corrected chi connectivity index (χ3v) is 8.97. The van der Waals surface area contributed by atoms with E-state index in [1.54, 1.807) is 31.9 Å². The number of fused-ring (bicyclic) bond motifs is 3. The Labute approximate surface area is 237 Å². The van der Waals surface area contributed by atoms with Crippen molar-refractivity contribution in [2.24, 2.45) is 7.05 Å². The van der Waals surface area contributed by atoms with Crippen LogP contribution in [0.5, 0.6) is 5.75 Å². The van der Waals surface area contributed by atoms with Gasteiger partial charge in [0.15, 0.2) is 6.10 Å². The summed E-state index contributed by atoms with van der Waals surface area (Å²) in [5, 5.41) is 22.8. The van der Waals surface area contributed by atoms with Gasteiger partial charge in [0, 0.05) is 29.9 Å². The van der Waals surface area contributed by atoms with E-state index in [0.29, 0.717) is 30.0 Å². The number of amides is 1. The van der Waals surface area contributed by atoms with Crippen LogP contribution >= 0.6 is 11.3 Å². The molecule has 3 aromatic heterocycles. The fourth-order valence-electron chi connectivity index (χ4n) is 6.21. The van der Waals surface area contributed by atoms with Crippen LogP contribution in [0.4, 0.5) is 13.2 Å². The molecule has 0 saturated carbocycles. The smallest absolute Gasteiger partial charge is 0.416 e. The highest BCUT2D eigenvalue weighted by Gasteiger charge is 2.56. The summed E-state index contributed by atoms with van der Waals surface area (Å²) in [5.74, 6) is 0.395. The van der Waals surface area contributed by atoms with Gasteiger partial charge in [0.25, 0.3) is 5.91 Å². The summed E-state index contributed by atoms with van der Waals surface area (Å²) in [6.45, 7) is 3.40. The van der Waals surface area contributed by atoms with E-state index in [4.69, 9.17) is 4.74 Å². The molecule has 4 aromatic rings. The molecule has 14 heteroatoms.